The summed E-state index contributed by atoms with van der Waals surface area (Å²) in [5.41, 5.74) is -5.95. The SMILES string of the molecule is CC(O)/C(OC(O)/C(O)=C(/O)C(O)CCO)=C(/O)C(O)OC1C(C)OC(OC2C(OC(=O)[C@]34CCC(C)(C)CC3C3=CCC5[C@@]6(C)CC[C@H](OC7OC(C(=O)O)C(O)C(OC(O)C(O)C(O)C(C)O)C7OC(O)/C(O)=C(/O)C(O)CCO)CC6[C@@](C)(C=O)C[C@@]5(C)[C@]3(C)C[C@H]4O)OC(C)C(OC3OC(C)C(O)C(OC4OCC(O)C(O)C4O)C3O)C2O)C(O)C1O. The molecule has 5 aliphatic carbocycles. The largest absolute Gasteiger partial charge is 0.506 e. The van der Waals surface area contributed by atoms with Crippen molar-refractivity contribution in [3.63, 3.8) is 0 Å². The molecule has 126 heavy (non-hydrogen) atoms. The van der Waals surface area contributed by atoms with E-state index in [1.54, 1.807) is 6.92 Å². The van der Waals surface area contributed by atoms with Crippen molar-refractivity contribution in [2.45, 2.75) is 368 Å². The Morgan fingerprint density at radius 3 is 1.68 bits per heavy atom. The molecule has 4 saturated carbocycles. The lowest BCUT2D eigenvalue weighted by Crippen LogP contribution is -2.69. The maximum absolute atomic E-state index is 16.3. The van der Waals surface area contributed by atoms with Crippen LogP contribution < -0.4 is 0 Å². The highest BCUT2D eigenvalue weighted by Gasteiger charge is 2.74. The fourth-order valence-electron chi connectivity index (χ4n) is 20.9. The molecule has 0 radical (unpaired) electrons. The zero-order valence-corrected chi connectivity index (χ0v) is 71.5. The number of fused-ring (bicyclic) bond motifs is 7. The van der Waals surface area contributed by atoms with E-state index in [0.29, 0.717) is 12.8 Å². The number of hydrogen-bond acceptors (Lipinski definition) is 44. The van der Waals surface area contributed by atoms with Gasteiger partial charge in [-0.05, 0) is 132 Å². The maximum Gasteiger partial charge on any atom is 0.335 e. The molecule has 5 aliphatic heterocycles. The van der Waals surface area contributed by atoms with E-state index in [4.69, 9.17) is 71.4 Å². The summed E-state index contributed by atoms with van der Waals surface area (Å²) < 4.78 is 83.2. The van der Waals surface area contributed by atoms with Crippen LogP contribution >= 0.6 is 0 Å². The second-order valence-electron chi connectivity index (χ2n) is 37.2. The second-order valence-corrected chi connectivity index (χ2v) is 37.2. The van der Waals surface area contributed by atoms with Gasteiger partial charge in [-0.3, -0.25) is 4.79 Å². The molecule has 10 rings (SSSR count). The van der Waals surface area contributed by atoms with Crippen molar-refractivity contribution in [2.75, 3.05) is 19.8 Å². The molecule has 37 unspecified atom stereocenters. The van der Waals surface area contributed by atoms with Gasteiger partial charge >= 0.3 is 11.9 Å². The minimum absolute atomic E-state index is 0.0139. The summed E-state index contributed by atoms with van der Waals surface area (Å²) in [4.78, 5) is 43.6. The molecule has 28 N–H and O–H groups in total. The van der Waals surface area contributed by atoms with Crippen LogP contribution in [-0.2, 0) is 80.7 Å². The first kappa shape index (κ1) is 103. The van der Waals surface area contributed by atoms with E-state index in [9.17, 15) is 147 Å². The van der Waals surface area contributed by atoms with E-state index >= 15 is 4.79 Å². The molecule has 0 aromatic rings. The molecule has 45 heteroatoms. The monoisotopic (exact) mass is 1820 g/mol. The normalized spacial score (nSPS) is 45.0. The first-order valence-corrected chi connectivity index (χ1v) is 42.3. The van der Waals surface area contributed by atoms with E-state index in [-0.39, 0.29) is 50.9 Å². The Bertz CT molecular complexity index is 3810. The van der Waals surface area contributed by atoms with Crippen molar-refractivity contribution >= 4 is 18.2 Å². The van der Waals surface area contributed by atoms with Crippen molar-refractivity contribution in [1.82, 2.24) is 0 Å². The van der Waals surface area contributed by atoms with Gasteiger partial charge < -0.3 is 214 Å². The van der Waals surface area contributed by atoms with Gasteiger partial charge in [-0.1, -0.05) is 53.2 Å². The zero-order chi connectivity index (χ0) is 93.9. The van der Waals surface area contributed by atoms with E-state index in [0.717, 1.165) is 25.7 Å². The first-order chi connectivity index (χ1) is 58.7. The molecule has 5 heterocycles. The van der Waals surface area contributed by atoms with E-state index in [2.05, 4.69) is 0 Å². The Labute approximate surface area is 723 Å². The summed E-state index contributed by atoms with van der Waals surface area (Å²) in [6.45, 7) is 15.6. The van der Waals surface area contributed by atoms with Crippen LogP contribution in [0.15, 0.2) is 46.2 Å². The van der Waals surface area contributed by atoms with Gasteiger partial charge in [-0.2, -0.15) is 0 Å². The Morgan fingerprint density at radius 2 is 1.09 bits per heavy atom. The number of esters is 1. The summed E-state index contributed by atoms with van der Waals surface area (Å²) in [6.07, 6.45) is -69.8. The van der Waals surface area contributed by atoms with E-state index in [1.807, 2.05) is 40.7 Å². The number of allylic oxidation sites excluding steroid dienone is 2. The number of ether oxygens (including phenoxy) is 14. The molecule has 45 nitrogen and oxygen atoms in total. The average Bonchev–Trinajstić information content (AvgIpc) is 0.664. The molecule has 0 spiro atoms. The third-order valence-corrected chi connectivity index (χ3v) is 28.2. The van der Waals surface area contributed by atoms with Crippen LogP contribution in [0.2, 0.25) is 0 Å². The lowest BCUT2D eigenvalue weighted by molar-refractivity contribution is -0.387. The Hall–Kier alpha value is -4.99. The minimum Gasteiger partial charge on any atom is -0.506 e. The summed E-state index contributed by atoms with van der Waals surface area (Å²) in [6, 6.07) is 0. The summed E-state index contributed by atoms with van der Waals surface area (Å²) in [5.74, 6) is -12.9. The number of carboxylic acids is 1. The molecule has 5 saturated heterocycles. The molecular weight excluding hydrogens is 1690 g/mol. The number of carbonyl (C=O) groups is 3. The van der Waals surface area contributed by atoms with Gasteiger partial charge in [0.15, 0.2) is 72.5 Å². The van der Waals surface area contributed by atoms with Gasteiger partial charge in [0.05, 0.1) is 43.2 Å². The first-order valence-electron chi connectivity index (χ1n) is 42.3. The van der Waals surface area contributed by atoms with Gasteiger partial charge in [0.2, 0.25) is 24.6 Å². The highest BCUT2D eigenvalue weighted by atomic mass is 16.8. The zero-order valence-electron chi connectivity index (χ0n) is 71.5. The number of aldehydes is 1. The van der Waals surface area contributed by atoms with E-state index < -0.39 is 345 Å². The predicted molar refractivity (Wildman–Crippen MR) is 414 cm³/mol. The van der Waals surface area contributed by atoms with Crippen LogP contribution in [0.4, 0.5) is 0 Å². The van der Waals surface area contributed by atoms with Crippen LogP contribution in [0.25, 0.3) is 0 Å². The molecule has 0 bridgehead atoms. The van der Waals surface area contributed by atoms with E-state index in [1.165, 1.54) is 20.8 Å². The van der Waals surface area contributed by atoms with Crippen molar-refractivity contribution in [2.24, 2.45) is 50.2 Å². The minimum atomic E-state index is -2.72. The fourth-order valence-corrected chi connectivity index (χ4v) is 20.9. The van der Waals surface area contributed by atoms with Gasteiger partial charge in [-0.25, -0.2) is 4.79 Å². The maximum atomic E-state index is 16.3. The van der Waals surface area contributed by atoms with Gasteiger partial charge in [0.1, 0.15) is 128 Å². The highest BCUT2D eigenvalue weighted by Crippen LogP contribution is 2.77. The number of carbonyl (C=O) groups excluding carboxylic acids is 2. The molecule has 0 aromatic carbocycles. The quantitative estimate of drug-likeness (QED) is 0.00728. The molecule has 9 fully saturated rings. The van der Waals surface area contributed by atoms with Crippen molar-refractivity contribution in [3.8, 4) is 0 Å². The second kappa shape index (κ2) is 40.4. The molecular formula is C81H130O45. The smallest absolute Gasteiger partial charge is 0.335 e. The standard InChI is InChI=1S/C81H130O45/c1-28(85)42(91)48(97)66(108)120-61-54(103)62(65(106)107)124-74(64(61)121-68(110)50(99)45(94)37(88)16-21-83)117-33-14-17-78(9)39-13-12-34-35-23-76(6,7)18-19-81(35,41(90)24-79(34,10)80(39,11)26-77(8,27-84)40(78)22-33)75(112)126-73-63(53(102)59(32(5)116-73)122-72-56(105)60(43(92)30(3)114-72)123-70-51(100)46(95)38(89)25-113-70)125-71-52(101)47(96)58(31(4)115-71)119-69(111)55(104)57(29(2)86)118-67(109)49(98)44(93)36(87)15-20-82/h12,27-33,35-43,46-48,51-54,56,58-64,66-74,82-83,85-105,108-111H,13-26H2,1-11H3,(H,106,107)/b49-44-,50-45-,57-55-/t28?,29?,30?,31?,32?,33-,35?,36?,37?,38?,39?,40?,41+,42?,43?,46?,47?,48?,51?,52?,53?,54?,56?,58?,59?,60?,61?,62?,63?,64?,66?,67?,68?,69?,70?,71?,72?,73?,74?,77+,78+,79+,80+,81+/m0/s1. The highest BCUT2D eigenvalue weighted by molar-refractivity contribution is 5.80. The summed E-state index contributed by atoms with van der Waals surface area (Å²) in [5, 5.41) is 306. The van der Waals surface area contributed by atoms with Crippen molar-refractivity contribution in [3.05, 3.63) is 46.2 Å². The fraction of sp³-hybridized carbons (Fsp3) is 0.864. The molecule has 0 aromatic heterocycles. The number of carboxylic acid groups (broad SMARTS) is 1. The Balaban J connectivity index is 0.953. The third-order valence-electron chi connectivity index (χ3n) is 28.2. The molecule has 10 aliphatic rings. The van der Waals surface area contributed by atoms with Crippen LogP contribution in [0.5, 0.6) is 0 Å². The lowest BCUT2D eigenvalue weighted by atomic mass is 9.32. The number of aliphatic hydroxyl groups excluding tert-OH is 27. The van der Waals surface area contributed by atoms with Crippen LogP contribution in [-0.4, -0.2) is 402 Å². The van der Waals surface area contributed by atoms with Crippen LogP contribution in [0.3, 0.4) is 0 Å². The summed E-state index contributed by atoms with van der Waals surface area (Å²) >= 11 is 0. The molecule has 724 valence electrons. The number of aliphatic hydroxyl groups is 27. The Kier molecular flexibility index (Phi) is 33.1. The topological polar surface area (TPSA) is 747 Å². The third kappa shape index (κ3) is 20.0. The van der Waals surface area contributed by atoms with Gasteiger partial charge in [0, 0.05) is 31.5 Å². The average molecular weight is 1820 g/mol. The van der Waals surface area contributed by atoms with Crippen molar-refractivity contribution in [1.29, 1.82) is 0 Å². The predicted octanol–water partition coefficient (Wildman–Crippen LogP) is -5.49. The van der Waals surface area contributed by atoms with Crippen molar-refractivity contribution < 1.29 is 224 Å². The number of aliphatic carboxylic acids is 1. The lowest BCUT2D eigenvalue weighted by Gasteiger charge is -2.72. The van der Waals surface area contributed by atoms with Gasteiger partial charge in [-0.15, -0.1) is 0 Å². The van der Waals surface area contributed by atoms with Gasteiger partial charge in [0.25, 0.3) is 6.29 Å². The number of hydrogen-bond donors (Lipinski definition) is 28. The Morgan fingerprint density at radius 1 is 0.532 bits per heavy atom. The molecule has 44 atom stereocenters. The molecule has 0 amide bonds. The van der Waals surface area contributed by atoms with Crippen LogP contribution in [0, 0.1) is 50.2 Å². The van der Waals surface area contributed by atoms with Crippen LogP contribution in [0.1, 0.15) is 147 Å². The summed E-state index contributed by atoms with van der Waals surface area (Å²) in [7, 11) is 0. The number of rotatable bonds is 33.